The van der Waals surface area contributed by atoms with Crippen molar-refractivity contribution < 1.29 is 4.79 Å². The lowest BCUT2D eigenvalue weighted by atomic mass is 9.88. The number of amides is 1. The number of aryl methyl sites for hydroxylation is 1. The summed E-state index contributed by atoms with van der Waals surface area (Å²) in [5.41, 5.74) is 3.90. The number of pyridine rings is 1. The van der Waals surface area contributed by atoms with Crippen molar-refractivity contribution in [1.82, 2.24) is 14.9 Å². The number of hydrogen-bond acceptors (Lipinski definition) is 3. The molecule has 0 radical (unpaired) electrons. The van der Waals surface area contributed by atoms with Gasteiger partial charge in [0.2, 0.25) is 5.91 Å². The summed E-state index contributed by atoms with van der Waals surface area (Å²) in [5.74, 6) is 0.424. The lowest BCUT2D eigenvalue weighted by Crippen LogP contribution is -2.49. The Morgan fingerprint density at radius 2 is 2.07 bits per heavy atom. The zero-order valence-electron chi connectivity index (χ0n) is 16.1. The summed E-state index contributed by atoms with van der Waals surface area (Å²) < 4.78 is 0. The molecule has 3 aromatic rings. The number of H-pyrrole nitrogens is 1. The minimum atomic E-state index is -0.306. The number of anilines is 1. The fourth-order valence-corrected chi connectivity index (χ4v) is 4.21. The summed E-state index contributed by atoms with van der Waals surface area (Å²) in [7, 11) is 0. The number of fused-ring (bicyclic) bond motifs is 3. The minimum absolute atomic E-state index is 0.0927. The molecule has 28 heavy (non-hydrogen) atoms. The van der Waals surface area contributed by atoms with Gasteiger partial charge < -0.3 is 10.3 Å². The number of carbonyl (C=O) groups is 1. The van der Waals surface area contributed by atoms with Crippen LogP contribution >= 0.6 is 23.2 Å². The number of hydrogen-bond donors (Lipinski definition) is 2. The summed E-state index contributed by atoms with van der Waals surface area (Å²) in [6.45, 7) is 7.17. The van der Waals surface area contributed by atoms with Crippen LogP contribution in [0, 0.1) is 6.92 Å². The van der Waals surface area contributed by atoms with Crippen LogP contribution in [0.15, 0.2) is 30.3 Å². The molecule has 5 nitrogen and oxygen atoms in total. The smallest absolute Gasteiger partial charge is 0.239 e. The molecule has 0 saturated carbocycles. The molecule has 0 fully saturated rings. The highest BCUT2D eigenvalue weighted by molar-refractivity contribution is 6.31. The lowest BCUT2D eigenvalue weighted by Gasteiger charge is -2.41. The normalized spacial score (nSPS) is 16.2. The van der Waals surface area contributed by atoms with Crippen molar-refractivity contribution in [2.75, 3.05) is 18.4 Å². The maximum absolute atomic E-state index is 12.6. The first-order chi connectivity index (χ1) is 13.3. The molecule has 2 N–H and O–H groups in total. The van der Waals surface area contributed by atoms with Crippen LogP contribution in [0.3, 0.4) is 0 Å². The Labute approximate surface area is 174 Å². The molecule has 0 saturated heterocycles. The van der Waals surface area contributed by atoms with Gasteiger partial charge in [-0.15, -0.1) is 0 Å². The molecule has 1 aliphatic rings. The number of carbonyl (C=O) groups excluding carboxylic acids is 1. The third-order valence-corrected chi connectivity index (χ3v) is 6.16. The first-order valence-electron chi connectivity index (χ1n) is 9.24. The van der Waals surface area contributed by atoms with Gasteiger partial charge in [-0.3, -0.25) is 9.69 Å². The molecule has 0 bridgehead atoms. The van der Waals surface area contributed by atoms with Crippen molar-refractivity contribution >= 4 is 45.8 Å². The summed E-state index contributed by atoms with van der Waals surface area (Å²) >= 11 is 12.2. The molecule has 4 rings (SSSR count). The van der Waals surface area contributed by atoms with E-state index in [0.29, 0.717) is 16.5 Å². The van der Waals surface area contributed by atoms with Gasteiger partial charge in [0.25, 0.3) is 0 Å². The summed E-state index contributed by atoms with van der Waals surface area (Å²) in [5, 5.41) is 5.36. The Hall–Kier alpha value is -2.08. The first-order valence-corrected chi connectivity index (χ1v) is 10.00. The van der Waals surface area contributed by atoms with Crippen LogP contribution in [0.4, 0.5) is 5.82 Å². The van der Waals surface area contributed by atoms with Crippen LogP contribution in [0.25, 0.3) is 10.9 Å². The van der Waals surface area contributed by atoms with Gasteiger partial charge in [-0.2, -0.15) is 0 Å². The van der Waals surface area contributed by atoms with E-state index in [1.54, 1.807) is 12.1 Å². The molecule has 2 aromatic heterocycles. The van der Waals surface area contributed by atoms with E-state index < -0.39 is 0 Å². The molecule has 1 aromatic carbocycles. The zero-order chi connectivity index (χ0) is 20.1. The third kappa shape index (κ3) is 3.39. The van der Waals surface area contributed by atoms with Gasteiger partial charge in [0.05, 0.1) is 22.8 Å². The highest BCUT2D eigenvalue weighted by atomic mass is 35.5. The van der Waals surface area contributed by atoms with Crippen LogP contribution in [0.2, 0.25) is 10.0 Å². The molecule has 7 heteroatoms. The van der Waals surface area contributed by atoms with E-state index in [9.17, 15) is 4.79 Å². The lowest BCUT2D eigenvalue weighted by molar-refractivity contribution is -0.119. The molecule has 0 aliphatic carbocycles. The number of rotatable bonds is 3. The molecule has 0 spiro atoms. The fourth-order valence-electron chi connectivity index (χ4n) is 3.93. The van der Waals surface area contributed by atoms with E-state index in [-0.39, 0.29) is 18.0 Å². The fraction of sp³-hybridized carbons (Fsp3) is 0.333. The van der Waals surface area contributed by atoms with Crippen molar-refractivity contribution in [3.63, 3.8) is 0 Å². The Balaban J connectivity index is 1.55. The standard InChI is InChI=1S/C21H22Cl2N4O/c1-12-16(23)5-7-18(24-12)26-19(28)11-27-9-8-14-15-10-13(22)4-6-17(15)25-20(14)21(27,2)3/h4-7,10,25H,8-9,11H2,1-3H3,(H,24,26,28). The Bertz CT molecular complexity index is 1070. The average Bonchev–Trinajstić information content (AvgIpc) is 3.00. The van der Waals surface area contributed by atoms with Gasteiger partial charge in [0.1, 0.15) is 5.82 Å². The number of nitrogens with one attached hydrogen (secondary N) is 2. The SMILES string of the molecule is Cc1nc(NC(=O)CN2CCc3c([nH]c4ccc(Cl)cc34)C2(C)C)ccc1Cl. The topological polar surface area (TPSA) is 61.0 Å². The molecule has 1 amide bonds. The van der Waals surface area contributed by atoms with Crippen molar-refractivity contribution in [1.29, 1.82) is 0 Å². The van der Waals surface area contributed by atoms with Crippen LogP contribution in [-0.2, 0) is 16.8 Å². The number of nitrogens with zero attached hydrogens (tertiary/aromatic N) is 2. The van der Waals surface area contributed by atoms with E-state index in [0.717, 1.165) is 29.2 Å². The van der Waals surface area contributed by atoms with Crippen molar-refractivity contribution in [2.45, 2.75) is 32.7 Å². The summed E-state index contributed by atoms with van der Waals surface area (Å²) in [6.07, 6.45) is 0.866. The maximum Gasteiger partial charge on any atom is 0.239 e. The van der Waals surface area contributed by atoms with E-state index in [1.807, 2.05) is 25.1 Å². The monoisotopic (exact) mass is 416 g/mol. The molecule has 0 unspecified atom stereocenters. The van der Waals surface area contributed by atoms with Gasteiger partial charge in [0.15, 0.2) is 0 Å². The highest BCUT2D eigenvalue weighted by Crippen LogP contribution is 2.38. The number of benzene rings is 1. The third-order valence-electron chi connectivity index (χ3n) is 5.53. The Morgan fingerprint density at radius 3 is 2.82 bits per heavy atom. The second-order valence-corrected chi connectivity index (χ2v) is 8.55. The second kappa shape index (κ2) is 7.07. The number of halogens is 2. The van der Waals surface area contributed by atoms with Crippen molar-refractivity contribution in [2.24, 2.45) is 0 Å². The number of aromatic amines is 1. The average molecular weight is 417 g/mol. The predicted octanol–water partition coefficient (Wildman–Crippen LogP) is 4.91. The second-order valence-electron chi connectivity index (χ2n) is 7.71. The van der Waals surface area contributed by atoms with E-state index in [2.05, 4.69) is 34.0 Å². The summed E-state index contributed by atoms with van der Waals surface area (Å²) in [4.78, 5) is 22.7. The van der Waals surface area contributed by atoms with Crippen LogP contribution < -0.4 is 5.32 Å². The van der Waals surface area contributed by atoms with E-state index in [4.69, 9.17) is 23.2 Å². The zero-order valence-corrected chi connectivity index (χ0v) is 17.6. The minimum Gasteiger partial charge on any atom is -0.357 e. The van der Waals surface area contributed by atoms with Crippen LogP contribution in [0.1, 0.15) is 30.8 Å². The molecule has 3 heterocycles. The van der Waals surface area contributed by atoms with E-state index >= 15 is 0 Å². The first kappa shape index (κ1) is 19.2. The quantitative estimate of drug-likeness (QED) is 0.637. The van der Waals surface area contributed by atoms with Gasteiger partial charge >= 0.3 is 0 Å². The van der Waals surface area contributed by atoms with Gasteiger partial charge in [-0.05, 0) is 63.1 Å². The summed E-state index contributed by atoms with van der Waals surface area (Å²) in [6, 6.07) is 9.38. The Morgan fingerprint density at radius 1 is 1.29 bits per heavy atom. The molecule has 1 aliphatic heterocycles. The Kier molecular flexibility index (Phi) is 4.86. The predicted molar refractivity (Wildman–Crippen MR) is 114 cm³/mol. The highest BCUT2D eigenvalue weighted by Gasteiger charge is 2.37. The maximum atomic E-state index is 12.6. The van der Waals surface area contributed by atoms with Gasteiger partial charge in [0, 0.05) is 28.2 Å². The number of aromatic nitrogens is 2. The van der Waals surface area contributed by atoms with Crippen molar-refractivity contribution in [3.8, 4) is 0 Å². The van der Waals surface area contributed by atoms with Gasteiger partial charge in [-0.1, -0.05) is 23.2 Å². The largest absolute Gasteiger partial charge is 0.357 e. The molecular weight excluding hydrogens is 395 g/mol. The van der Waals surface area contributed by atoms with E-state index in [1.165, 1.54) is 10.9 Å². The molecule has 0 atom stereocenters. The van der Waals surface area contributed by atoms with Crippen LogP contribution in [-0.4, -0.2) is 33.9 Å². The van der Waals surface area contributed by atoms with Gasteiger partial charge in [-0.25, -0.2) is 4.98 Å². The molecular formula is C21H22Cl2N4O. The van der Waals surface area contributed by atoms with Crippen LogP contribution in [0.5, 0.6) is 0 Å². The molecule has 146 valence electrons. The van der Waals surface area contributed by atoms with Crippen molar-refractivity contribution in [3.05, 3.63) is 57.3 Å².